The molecular weight excluding hydrogens is 244 g/mol. The van der Waals surface area contributed by atoms with E-state index in [1.54, 1.807) is 4.90 Å². The van der Waals surface area contributed by atoms with Crippen LogP contribution >= 0.6 is 0 Å². The van der Waals surface area contributed by atoms with Crippen molar-refractivity contribution in [2.24, 2.45) is 11.1 Å². The normalized spacial score (nSPS) is 25.0. The smallest absolute Gasteiger partial charge is 0.410 e. The Morgan fingerprint density at radius 1 is 1.53 bits per heavy atom. The number of ether oxygens (including phenoxy) is 1. The van der Waals surface area contributed by atoms with Crippen LogP contribution in [0.3, 0.4) is 0 Å². The summed E-state index contributed by atoms with van der Waals surface area (Å²) < 4.78 is 5.45. The average molecular weight is 272 g/mol. The molecule has 2 atom stereocenters. The van der Waals surface area contributed by atoms with Crippen molar-refractivity contribution in [2.45, 2.75) is 65.1 Å². The molecule has 0 radical (unpaired) electrons. The van der Waals surface area contributed by atoms with Crippen molar-refractivity contribution < 1.29 is 14.6 Å². The highest BCUT2D eigenvalue weighted by atomic mass is 16.6. The molecule has 1 rings (SSSR count). The van der Waals surface area contributed by atoms with Crippen LogP contribution in [0.5, 0.6) is 0 Å². The van der Waals surface area contributed by atoms with Crippen molar-refractivity contribution in [2.75, 3.05) is 13.2 Å². The molecule has 0 aromatic carbocycles. The number of nitrogens with two attached hydrogens (primary N) is 1. The zero-order valence-electron chi connectivity index (χ0n) is 12.8. The van der Waals surface area contributed by atoms with Crippen molar-refractivity contribution in [3.63, 3.8) is 0 Å². The Bertz CT molecular complexity index is 323. The molecule has 0 aromatic heterocycles. The highest BCUT2D eigenvalue weighted by Crippen LogP contribution is 2.33. The second-order valence-corrected chi connectivity index (χ2v) is 7.22. The van der Waals surface area contributed by atoms with E-state index in [1.807, 2.05) is 20.8 Å². The third-order valence-electron chi connectivity index (χ3n) is 3.45. The number of carbonyl (C=O) groups excluding carboxylic acids is 1. The van der Waals surface area contributed by atoms with Crippen molar-refractivity contribution in [1.82, 2.24) is 4.90 Å². The average Bonchev–Trinajstić information content (AvgIpc) is 2.24. The molecule has 1 amide bonds. The van der Waals surface area contributed by atoms with E-state index >= 15 is 0 Å². The van der Waals surface area contributed by atoms with E-state index in [4.69, 9.17) is 10.5 Å². The molecule has 3 N–H and O–H groups in total. The Labute approximate surface area is 116 Å². The molecule has 1 saturated heterocycles. The fourth-order valence-corrected chi connectivity index (χ4v) is 2.44. The van der Waals surface area contributed by atoms with Crippen LogP contribution in [0.15, 0.2) is 0 Å². The predicted octanol–water partition coefficient (Wildman–Crippen LogP) is 1.73. The first-order valence-electron chi connectivity index (χ1n) is 6.92. The van der Waals surface area contributed by atoms with Gasteiger partial charge in [0.05, 0.1) is 12.6 Å². The van der Waals surface area contributed by atoms with Gasteiger partial charge in [-0.05, 0) is 39.0 Å². The number of likely N-dealkylation sites (tertiary alicyclic amines) is 1. The van der Waals surface area contributed by atoms with Crippen LogP contribution in [0, 0.1) is 5.41 Å². The topological polar surface area (TPSA) is 75.8 Å². The van der Waals surface area contributed by atoms with Crippen LogP contribution in [-0.4, -0.2) is 46.9 Å². The van der Waals surface area contributed by atoms with Crippen LogP contribution in [-0.2, 0) is 4.74 Å². The van der Waals surface area contributed by atoms with Gasteiger partial charge < -0.3 is 20.5 Å². The molecule has 1 heterocycles. The van der Waals surface area contributed by atoms with Gasteiger partial charge in [0.2, 0.25) is 0 Å². The van der Waals surface area contributed by atoms with Crippen molar-refractivity contribution >= 4 is 6.09 Å². The summed E-state index contributed by atoms with van der Waals surface area (Å²) in [6.07, 6.45) is 1.45. The largest absolute Gasteiger partial charge is 0.444 e. The highest BCUT2D eigenvalue weighted by molar-refractivity contribution is 5.69. The first-order valence-corrected chi connectivity index (χ1v) is 6.92. The van der Waals surface area contributed by atoms with Gasteiger partial charge in [0, 0.05) is 12.6 Å². The van der Waals surface area contributed by atoms with Crippen LogP contribution in [0.25, 0.3) is 0 Å². The number of nitrogens with zero attached hydrogens (tertiary/aromatic N) is 1. The molecule has 19 heavy (non-hydrogen) atoms. The van der Waals surface area contributed by atoms with E-state index in [9.17, 15) is 9.90 Å². The molecule has 0 bridgehead atoms. The lowest BCUT2D eigenvalue weighted by Crippen LogP contribution is -2.58. The standard InChI is InChI=1S/C14H28N2O3/c1-13(2,3)19-12(18)16-9-14(4,5)7-6-11(16)10(15)8-17/h10-11,17H,6-9,15H2,1-5H3/t10-,11?/m0/s1. The van der Waals surface area contributed by atoms with Crippen LogP contribution in [0.1, 0.15) is 47.5 Å². The van der Waals surface area contributed by atoms with E-state index in [0.29, 0.717) is 6.54 Å². The minimum Gasteiger partial charge on any atom is -0.444 e. The maximum Gasteiger partial charge on any atom is 0.410 e. The van der Waals surface area contributed by atoms with Crippen molar-refractivity contribution in [1.29, 1.82) is 0 Å². The quantitative estimate of drug-likeness (QED) is 0.802. The summed E-state index contributed by atoms with van der Waals surface area (Å²) in [4.78, 5) is 14.0. The molecule has 1 aliphatic rings. The minimum absolute atomic E-state index is 0.0581. The maximum atomic E-state index is 12.3. The van der Waals surface area contributed by atoms with E-state index in [0.717, 1.165) is 12.8 Å². The van der Waals surface area contributed by atoms with Gasteiger partial charge in [-0.2, -0.15) is 0 Å². The summed E-state index contributed by atoms with van der Waals surface area (Å²) >= 11 is 0. The van der Waals surface area contributed by atoms with Gasteiger partial charge in [-0.1, -0.05) is 13.8 Å². The first-order chi connectivity index (χ1) is 8.56. The van der Waals surface area contributed by atoms with Gasteiger partial charge in [-0.25, -0.2) is 4.79 Å². The van der Waals surface area contributed by atoms with Gasteiger partial charge in [0.25, 0.3) is 0 Å². The molecule has 0 spiro atoms. The Morgan fingerprint density at radius 2 is 2.11 bits per heavy atom. The molecule has 0 aromatic rings. The number of amides is 1. The molecule has 112 valence electrons. The van der Waals surface area contributed by atoms with Crippen LogP contribution in [0.2, 0.25) is 0 Å². The number of hydrogen-bond donors (Lipinski definition) is 2. The van der Waals surface area contributed by atoms with Gasteiger partial charge in [0.1, 0.15) is 5.60 Å². The minimum atomic E-state index is -0.521. The Kier molecular flexibility index (Phi) is 4.85. The fraction of sp³-hybridized carbons (Fsp3) is 0.929. The summed E-state index contributed by atoms with van der Waals surface area (Å²) in [6, 6.07) is -0.559. The second kappa shape index (κ2) is 5.67. The summed E-state index contributed by atoms with van der Waals surface area (Å²) in [5.41, 5.74) is 5.47. The lowest BCUT2D eigenvalue weighted by Gasteiger charge is -2.45. The monoisotopic (exact) mass is 272 g/mol. The van der Waals surface area contributed by atoms with Gasteiger partial charge in [0.15, 0.2) is 0 Å². The molecule has 0 saturated carbocycles. The molecule has 1 aliphatic heterocycles. The number of piperidine rings is 1. The summed E-state index contributed by atoms with van der Waals surface area (Å²) in [7, 11) is 0. The van der Waals surface area contributed by atoms with Gasteiger partial charge in [-0.15, -0.1) is 0 Å². The predicted molar refractivity (Wildman–Crippen MR) is 74.8 cm³/mol. The molecule has 1 fully saturated rings. The molecule has 5 nitrogen and oxygen atoms in total. The summed E-state index contributed by atoms with van der Waals surface area (Å²) in [5, 5.41) is 9.25. The summed E-state index contributed by atoms with van der Waals surface area (Å²) in [6.45, 7) is 10.3. The van der Waals surface area contributed by atoms with Crippen LogP contribution in [0.4, 0.5) is 4.79 Å². The number of aliphatic hydroxyl groups excluding tert-OH is 1. The molecule has 1 unspecified atom stereocenters. The van der Waals surface area contributed by atoms with E-state index < -0.39 is 11.6 Å². The Hall–Kier alpha value is -0.810. The molecular formula is C14H28N2O3. The van der Waals surface area contributed by atoms with Gasteiger partial charge in [-0.3, -0.25) is 0 Å². The first kappa shape index (κ1) is 16.2. The van der Waals surface area contributed by atoms with E-state index in [-0.39, 0.29) is 24.2 Å². The SMILES string of the molecule is CC1(C)CCC([C@@H](N)CO)N(C(=O)OC(C)(C)C)C1. The maximum absolute atomic E-state index is 12.3. The van der Waals surface area contributed by atoms with Crippen molar-refractivity contribution in [3.05, 3.63) is 0 Å². The van der Waals surface area contributed by atoms with Gasteiger partial charge >= 0.3 is 6.09 Å². The zero-order valence-corrected chi connectivity index (χ0v) is 12.8. The second-order valence-electron chi connectivity index (χ2n) is 7.22. The zero-order chi connectivity index (χ0) is 14.8. The lowest BCUT2D eigenvalue weighted by atomic mass is 9.80. The Balaban J connectivity index is 2.85. The molecule has 5 heteroatoms. The van der Waals surface area contributed by atoms with E-state index in [2.05, 4.69) is 13.8 Å². The fourth-order valence-electron chi connectivity index (χ4n) is 2.44. The van der Waals surface area contributed by atoms with E-state index in [1.165, 1.54) is 0 Å². The third-order valence-corrected chi connectivity index (χ3v) is 3.45. The number of hydrogen-bond acceptors (Lipinski definition) is 4. The number of aliphatic hydroxyl groups is 1. The lowest BCUT2D eigenvalue weighted by molar-refractivity contribution is -0.0148. The Morgan fingerprint density at radius 3 is 2.58 bits per heavy atom. The highest BCUT2D eigenvalue weighted by Gasteiger charge is 2.39. The van der Waals surface area contributed by atoms with Crippen molar-refractivity contribution in [3.8, 4) is 0 Å². The summed E-state index contributed by atoms with van der Waals surface area (Å²) in [5.74, 6) is 0. The third kappa shape index (κ3) is 4.66. The number of rotatable bonds is 2. The van der Waals surface area contributed by atoms with Crippen LogP contribution < -0.4 is 5.73 Å². The number of carbonyl (C=O) groups is 1. The molecule has 0 aliphatic carbocycles.